The first-order chi connectivity index (χ1) is 16.7. The molecule has 35 heavy (non-hydrogen) atoms. The quantitative estimate of drug-likeness (QED) is 0.374. The molecule has 0 bridgehead atoms. The molecule has 0 heterocycles. The molecule has 3 rings (SSSR count). The topological polar surface area (TPSA) is 59.6 Å². The van der Waals surface area contributed by atoms with Crippen molar-refractivity contribution in [1.29, 1.82) is 0 Å². The first kappa shape index (κ1) is 27.0. The van der Waals surface area contributed by atoms with Crippen LogP contribution in [0.4, 0.5) is 4.79 Å². The van der Waals surface area contributed by atoms with E-state index in [9.17, 15) is 4.79 Å². The number of thiocarbonyl (C=S) groups is 1. The number of nitrogens with one attached hydrogen (secondary N) is 2. The molecule has 1 fully saturated rings. The average molecular weight is 497 g/mol. The number of carbonyl (C=O) groups excluding carboxylic acids is 1. The summed E-state index contributed by atoms with van der Waals surface area (Å²) in [5.41, 5.74) is 1.68. The van der Waals surface area contributed by atoms with Gasteiger partial charge in [0.15, 0.2) is 0 Å². The van der Waals surface area contributed by atoms with E-state index < -0.39 is 11.7 Å². The fourth-order valence-corrected chi connectivity index (χ4v) is 4.89. The summed E-state index contributed by atoms with van der Waals surface area (Å²) in [7, 11) is 0. The lowest BCUT2D eigenvalue weighted by molar-refractivity contribution is 0.0494. The van der Waals surface area contributed by atoms with E-state index in [4.69, 9.17) is 21.7 Å². The Bertz CT molecular complexity index is 935. The average Bonchev–Trinajstić information content (AvgIpc) is 2.85. The summed E-state index contributed by atoms with van der Waals surface area (Å²) in [4.78, 5) is 13.3. The molecule has 2 aromatic rings. The number of rotatable bonds is 9. The van der Waals surface area contributed by atoms with Crippen molar-refractivity contribution in [1.82, 2.24) is 10.6 Å². The fraction of sp³-hybridized carbons (Fsp3) is 0.517. The molecule has 1 unspecified atom stereocenters. The SMILES string of the molecule is CC(C1CCCCC1)[C@@H](NC(=O)OC(C)(C)C)C(=S)NCc1ccc(OCc2ccccc2)cc1. The first-order valence-corrected chi connectivity index (χ1v) is 13.1. The van der Waals surface area contributed by atoms with E-state index in [2.05, 4.69) is 29.7 Å². The lowest BCUT2D eigenvalue weighted by Crippen LogP contribution is -2.52. The van der Waals surface area contributed by atoms with Gasteiger partial charge in [-0.05, 0) is 55.9 Å². The number of hydrogen-bond acceptors (Lipinski definition) is 4. The monoisotopic (exact) mass is 496 g/mol. The Hall–Kier alpha value is -2.60. The minimum atomic E-state index is -0.553. The van der Waals surface area contributed by atoms with Crippen LogP contribution in [0.25, 0.3) is 0 Å². The summed E-state index contributed by atoms with van der Waals surface area (Å²) in [6, 6.07) is 17.9. The predicted molar refractivity (Wildman–Crippen MR) is 146 cm³/mol. The van der Waals surface area contributed by atoms with Crippen molar-refractivity contribution >= 4 is 23.3 Å². The van der Waals surface area contributed by atoms with Gasteiger partial charge in [0.05, 0.1) is 11.0 Å². The number of amides is 1. The molecule has 190 valence electrons. The number of alkyl carbamates (subject to hydrolysis) is 1. The summed E-state index contributed by atoms with van der Waals surface area (Å²) in [5, 5.41) is 6.45. The van der Waals surface area contributed by atoms with Crippen molar-refractivity contribution in [2.45, 2.75) is 84.6 Å². The zero-order chi connectivity index (χ0) is 25.3. The van der Waals surface area contributed by atoms with Crippen molar-refractivity contribution in [2.75, 3.05) is 0 Å². The summed E-state index contributed by atoms with van der Waals surface area (Å²) in [6.07, 6.45) is 5.72. The maximum atomic E-state index is 12.6. The van der Waals surface area contributed by atoms with Crippen LogP contribution in [0.1, 0.15) is 70.9 Å². The molecule has 6 heteroatoms. The molecular formula is C29H40N2O3S. The Morgan fingerprint density at radius 3 is 2.29 bits per heavy atom. The van der Waals surface area contributed by atoms with Gasteiger partial charge < -0.3 is 20.1 Å². The second kappa shape index (κ2) is 12.9. The maximum Gasteiger partial charge on any atom is 0.408 e. The van der Waals surface area contributed by atoms with Gasteiger partial charge in [-0.1, -0.05) is 93.7 Å². The van der Waals surface area contributed by atoms with Crippen LogP contribution in [0.2, 0.25) is 0 Å². The van der Waals surface area contributed by atoms with Gasteiger partial charge >= 0.3 is 6.09 Å². The molecule has 1 amide bonds. The van der Waals surface area contributed by atoms with Gasteiger partial charge in [-0.25, -0.2) is 4.79 Å². The maximum absolute atomic E-state index is 12.6. The minimum absolute atomic E-state index is 0.233. The third kappa shape index (κ3) is 9.17. The second-order valence-corrected chi connectivity index (χ2v) is 11.0. The zero-order valence-corrected chi connectivity index (χ0v) is 22.3. The van der Waals surface area contributed by atoms with Gasteiger partial charge in [-0.15, -0.1) is 0 Å². The summed E-state index contributed by atoms with van der Waals surface area (Å²) in [6.45, 7) is 8.94. The first-order valence-electron chi connectivity index (χ1n) is 12.7. The lowest BCUT2D eigenvalue weighted by Gasteiger charge is -2.35. The van der Waals surface area contributed by atoms with Crippen LogP contribution in [0.15, 0.2) is 54.6 Å². The Morgan fingerprint density at radius 2 is 1.66 bits per heavy atom. The molecular weight excluding hydrogens is 456 g/mol. The standard InChI is InChI=1S/C29H40N2O3S/c1-21(24-13-9-6-10-14-24)26(31-28(32)34-29(2,3)4)27(35)30-19-22-15-17-25(18-16-22)33-20-23-11-7-5-8-12-23/h5,7-8,11-12,15-18,21,24,26H,6,9-10,13-14,19-20H2,1-4H3,(H,30,35)(H,31,32)/t21?,26-/m1/s1. The van der Waals surface area contributed by atoms with E-state index in [0.717, 1.165) is 16.9 Å². The summed E-state index contributed by atoms with van der Waals surface area (Å²) in [5.74, 6) is 1.61. The fourth-order valence-electron chi connectivity index (χ4n) is 4.55. The normalized spacial score (nSPS) is 16.1. The Labute approximate surface area is 216 Å². The van der Waals surface area contributed by atoms with Gasteiger partial charge in [0, 0.05) is 6.54 Å². The van der Waals surface area contributed by atoms with Crippen molar-refractivity contribution in [2.24, 2.45) is 11.8 Å². The number of hydrogen-bond donors (Lipinski definition) is 2. The van der Waals surface area contributed by atoms with E-state index in [-0.39, 0.29) is 12.0 Å². The molecule has 0 saturated heterocycles. The van der Waals surface area contributed by atoms with Crippen LogP contribution in [0, 0.1) is 11.8 Å². The van der Waals surface area contributed by atoms with E-state index in [0.29, 0.717) is 24.1 Å². The van der Waals surface area contributed by atoms with Crippen LogP contribution in [-0.4, -0.2) is 22.7 Å². The van der Waals surface area contributed by atoms with E-state index >= 15 is 0 Å². The molecule has 0 aliphatic heterocycles. The van der Waals surface area contributed by atoms with E-state index in [1.54, 1.807) is 0 Å². The van der Waals surface area contributed by atoms with Gasteiger partial charge in [0.25, 0.3) is 0 Å². The van der Waals surface area contributed by atoms with Crippen molar-refractivity contribution in [3.63, 3.8) is 0 Å². The molecule has 5 nitrogen and oxygen atoms in total. The predicted octanol–water partition coefficient (Wildman–Crippen LogP) is 6.79. The van der Waals surface area contributed by atoms with Gasteiger partial charge in [-0.2, -0.15) is 0 Å². The summed E-state index contributed by atoms with van der Waals surface area (Å²) >= 11 is 5.80. The zero-order valence-electron chi connectivity index (χ0n) is 21.5. The second-order valence-electron chi connectivity index (χ2n) is 10.5. The molecule has 2 atom stereocenters. The van der Waals surface area contributed by atoms with Crippen LogP contribution < -0.4 is 15.4 Å². The van der Waals surface area contributed by atoms with Gasteiger partial charge in [0.2, 0.25) is 0 Å². The molecule has 0 spiro atoms. The Balaban J connectivity index is 1.57. The van der Waals surface area contributed by atoms with Crippen LogP contribution in [-0.2, 0) is 17.9 Å². The smallest absolute Gasteiger partial charge is 0.408 e. The lowest BCUT2D eigenvalue weighted by atomic mass is 9.77. The highest BCUT2D eigenvalue weighted by molar-refractivity contribution is 7.80. The molecule has 2 N–H and O–H groups in total. The highest BCUT2D eigenvalue weighted by Gasteiger charge is 2.32. The highest BCUT2D eigenvalue weighted by Crippen LogP contribution is 2.32. The van der Waals surface area contributed by atoms with Crippen LogP contribution in [0.5, 0.6) is 5.75 Å². The van der Waals surface area contributed by atoms with Crippen LogP contribution in [0.3, 0.4) is 0 Å². The Morgan fingerprint density at radius 1 is 1.00 bits per heavy atom. The number of benzene rings is 2. The van der Waals surface area contributed by atoms with E-state index in [1.807, 2.05) is 63.2 Å². The van der Waals surface area contributed by atoms with Crippen LogP contribution >= 0.6 is 12.2 Å². The number of ether oxygens (including phenoxy) is 2. The molecule has 0 radical (unpaired) electrons. The van der Waals surface area contributed by atoms with Crippen molar-refractivity contribution in [3.8, 4) is 5.75 Å². The third-order valence-corrected chi connectivity index (χ3v) is 6.91. The van der Waals surface area contributed by atoms with Crippen molar-refractivity contribution < 1.29 is 14.3 Å². The molecule has 1 aliphatic rings. The van der Waals surface area contributed by atoms with Gasteiger partial charge in [0.1, 0.15) is 18.0 Å². The largest absolute Gasteiger partial charge is 0.489 e. The molecule has 1 saturated carbocycles. The molecule has 0 aromatic heterocycles. The molecule has 2 aromatic carbocycles. The van der Waals surface area contributed by atoms with Gasteiger partial charge in [-0.3, -0.25) is 0 Å². The minimum Gasteiger partial charge on any atom is -0.489 e. The molecule has 1 aliphatic carbocycles. The summed E-state index contributed by atoms with van der Waals surface area (Å²) < 4.78 is 11.4. The van der Waals surface area contributed by atoms with Crippen molar-refractivity contribution in [3.05, 3.63) is 65.7 Å². The third-order valence-electron chi connectivity index (χ3n) is 6.51. The number of carbonyl (C=O) groups is 1. The highest BCUT2D eigenvalue weighted by atomic mass is 32.1. The Kier molecular flexibility index (Phi) is 9.96. The van der Waals surface area contributed by atoms with E-state index in [1.165, 1.54) is 32.1 Å².